The van der Waals surface area contributed by atoms with Crippen LogP contribution in [0.4, 0.5) is 4.79 Å². The Morgan fingerprint density at radius 3 is 3.00 bits per heavy atom. The lowest BCUT2D eigenvalue weighted by Crippen LogP contribution is -2.48. The van der Waals surface area contributed by atoms with Gasteiger partial charge in [-0.1, -0.05) is 24.3 Å². The molecule has 2 atom stereocenters. The third-order valence-corrected chi connectivity index (χ3v) is 5.27. The molecule has 4 amide bonds. The van der Waals surface area contributed by atoms with E-state index in [1.165, 1.54) is 5.56 Å². The summed E-state index contributed by atoms with van der Waals surface area (Å²) in [5.74, 6) is -0.685. The maximum Gasteiger partial charge on any atom is 0.325 e. The van der Waals surface area contributed by atoms with Crippen molar-refractivity contribution in [1.82, 2.24) is 15.5 Å². The van der Waals surface area contributed by atoms with E-state index in [9.17, 15) is 14.4 Å². The molecule has 1 aliphatic carbocycles. The number of carbonyl (C=O) groups is 3. The van der Waals surface area contributed by atoms with Crippen molar-refractivity contribution in [2.24, 2.45) is 0 Å². The van der Waals surface area contributed by atoms with Gasteiger partial charge in [0.05, 0.1) is 12.6 Å². The predicted octanol–water partition coefficient (Wildman–Crippen LogP) is 0.891. The van der Waals surface area contributed by atoms with Gasteiger partial charge in [-0.3, -0.25) is 14.5 Å². The third kappa shape index (κ3) is 2.78. The molecule has 7 nitrogen and oxygen atoms in total. The molecule has 0 unspecified atom stereocenters. The molecule has 4 rings (SSSR count). The number of ether oxygens (including phenoxy) is 1. The molecule has 0 radical (unpaired) electrons. The van der Waals surface area contributed by atoms with Crippen LogP contribution in [-0.4, -0.2) is 48.0 Å². The van der Waals surface area contributed by atoms with Gasteiger partial charge >= 0.3 is 6.03 Å². The smallest absolute Gasteiger partial charge is 0.325 e. The largest absolute Gasteiger partial charge is 0.378 e. The van der Waals surface area contributed by atoms with Gasteiger partial charge in [0.25, 0.3) is 5.91 Å². The first kappa shape index (κ1) is 16.1. The normalized spacial score (nSPS) is 28.2. The quantitative estimate of drug-likeness (QED) is 0.798. The summed E-state index contributed by atoms with van der Waals surface area (Å²) in [7, 11) is 0. The molecular weight excluding hydrogens is 322 g/mol. The molecule has 0 bridgehead atoms. The molecule has 3 aliphatic rings. The van der Waals surface area contributed by atoms with Crippen LogP contribution in [0.2, 0.25) is 0 Å². The number of nitrogens with zero attached hydrogens (tertiary/aromatic N) is 1. The fourth-order valence-corrected chi connectivity index (χ4v) is 3.94. The standard InChI is InChI=1S/C18H21N3O4/c22-15(19-14-7-3-5-12-4-1-2-6-13(12)14)10-21-16(23)18(20-17(21)24)8-9-25-11-18/h1-2,4,6,14H,3,5,7-11H2,(H,19,22)(H,20,24)/t14-,18+/m0/s1. The lowest BCUT2D eigenvalue weighted by molar-refractivity contribution is -0.135. The number of benzene rings is 1. The minimum absolute atomic E-state index is 0.0676. The molecule has 0 aromatic heterocycles. The molecule has 2 heterocycles. The van der Waals surface area contributed by atoms with Gasteiger partial charge in [-0.05, 0) is 30.4 Å². The molecule has 132 valence electrons. The van der Waals surface area contributed by atoms with E-state index >= 15 is 0 Å². The zero-order valence-electron chi connectivity index (χ0n) is 13.9. The summed E-state index contributed by atoms with van der Waals surface area (Å²) in [6, 6.07) is 7.48. The van der Waals surface area contributed by atoms with Crippen molar-refractivity contribution in [3.8, 4) is 0 Å². The van der Waals surface area contributed by atoms with Crippen LogP contribution >= 0.6 is 0 Å². The molecule has 2 fully saturated rings. The molecule has 1 spiro atoms. The number of imide groups is 1. The highest BCUT2D eigenvalue weighted by atomic mass is 16.5. The lowest BCUT2D eigenvalue weighted by Gasteiger charge is -2.27. The van der Waals surface area contributed by atoms with E-state index in [-0.39, 0.29) is 31.0 Å². The number of hydrogen-bond acceptors (Lipinski definition) is 4. The SMILES string of the molecule is O=C(CN1C(=O)N[C@@]2(CCOC2)C1=O)N[C@H]1CCCc2ccccc21. The van der Waals surface area contributed by atoms with Crippen LogP contribution < -0.4 is 10.6 Å². The highest BCUT2D eigenvalue weighted by Crippen LogP contribution is 2.30. The number of nitrogens with one attached hydrogen (secondary N) is 2. The van der Waals surface area contributed by atoms with E-state index in [0.29, 0.717) is 13.0 Å². The Labute approximate surface area is 145 Å². The van der Waals surface area contributed by atoms with Crippen molar-refractivity contribution in [3.05, 3.63) is 35.4 Å². The average molecular weight is 343 g/mol. The van der Waals surface area contributed by atoms with Crippen molar-refractivity contribution in [2.45, 2.75) is 37.3 Å². The average Bonchev–Trinajstić information content (AvgIpc) is 3.16. The minimum atomic E-state index is -0.977. The summed E-state index contributed by atoms with van der Waals surface area (Å²) in [5, 5.41) is 5.66. The second-order valence-corrected chi connectivity index (χ2v) is 6.92. The summed E-state index contributed by atoms with van der Waals surface area (Å²) in [6.45, 7) is 0.349. The summed E-state index contributed by atoms with van der Waals surface area (Å²) < 4.78 is 5.25. The Balaban J connectivity index is 1.43. The Bertz CT molecular complexity index is 727. The first-order valence-corrected chi connectivity index (χ1v) is 8.68. The van der Waals surface area contributed by atoms with E-state index in [2.05, 4.69) is 16.7 Å². The zero-order valence-corrected chi connectivity index (χ0v) is 13.9. The Hall–Kier alpha value is -2.41. The van der Waals surface area contributed by atoms with Crippen molar-refractivity contribution < 1.29 is 19.1 Å². The van der Waals surface area contributed by atoms with Crippen molar-refractivity contribution >= 4 is 17.8 Å². The van der Waals surface area contributed by atoms with Crippen LogP contribution in [0.1, 0.15) is 36.4 Å². The Morgan fingerprint density at radius 1 is 1.36 bits per heavy atom. The molecule has 2 saturated heterocycles. The summed E-state index contributed by atoms with van der Waals surface area (Å²) >= 11 is 0. The van der Waals surface area contributed by atoms with E-state index < -0.39 is 11.6 Å². The fourth-order valence-electron chi connectivity index (χ4n) is 3.94. The van der Waals surface area contributed by atoms with Gasteiger partial charge in [0, 0.05) is 13.0 Å². The van der Waals surface area contributed by atoms with Crippen LogP contribution in [0.3, 0.4) is 0 Å². The number of urea groups is 1. The number of amides is 4. The number of hydrogen-bond donors (Lipinski definition) is 2. The van der Waals surface area contributed by atoms with E-state index in [1.807, 2.05) is 18.2 Å². The van der Waals surface area contributed by atoms with Crippen LogP contribution in [-0.2, 0) is 20.7 Å². The molecule has 0 saturated carbocycles. The van der Waals surface area contributed by atoms with Gasteiger partial charge in [-0.2, -0.15) is 0 Å². The summed E-state index contributed by atoms with van der Waals surface area (Å²) in [4.78, 5) is 38.1. The third-order valence-electron chi connectivity index (χ3n) is 5.27. The van der Waals surface area contributed by atoms with Gasteiger partial charge in [0.1, 0.15) is 12.1 Å². The van der Waals surface area contributed by atoms with Crippen molar-refractivity contribution in [2.75, 3.05) is 19.8 Å². The van der Waals surface area contributed by atoms with Crippen LogP contribution in [0.15, 0.2) is 24.3 Å². The minimum Gasteiger partial charge on any atom is -0.378 e. The second kappa shape index (κ2) is 6.15. The molecule has 2 N–H and O–H groups in total. The van der Waals surface area contributed by atoms with Gasteiger partial charge < -0.3 is 15.4 Å². The van der Waals surface area contributed by atoms with Crippen molar-refractivity contribution in [3.63, 3.8) is 0 Å². The van der Waals surface area contributed by atoms with Crippen LogP contribution in [0.5, 0.6) is 0 Å². The van der Waals surface area contributed by atoms with Crippen molar-refractivity contribution in [1.29, 1.82) is 0 Å². The van der Waals surface area contributed by atoms with E-state index in [0.717, 1.165) is 29.7 Å². The van der Waals surface area contributed by atoms with Crippen LogP contribution in [0, 0.1) is 0 Å². The summed E-state index contributed by atoms with van der Waals surface area (Å²) in [6.07, 6.45) is 3.33. The van der Waals surface area contributed by atoms with Gasteiger partial charge in [-0.25, -0.2) is 4.79 Å². The maximum absolute atomic E-state index is 12.5. The monoisotopic (exact) mass is 343 g/mol. The molecule has 25 heavy (non-hydrogen) atoms. The Morgan fingerprint density at radius 2 is 2.20 bits per heavy atom. The maximum atomic E-state index is 12.5. The van der Waals surface area contributed by atoms with Crippen LogP contribution in [0.25, 0.3) is 0 Å². The number of fused-ring (bicyclic) bond motifs is 1. The zero-order chi connectivity index (χ0) is 17.4. The van der Waals surface area contributed by atoms with Gasteiger partial charge in [0.2, 0.25) is 5.91 Å². The highest BCUT2D eigenvalue weighted by Gasteiger charge is 2.53. The predicted molar refractivity (Wildman–Crippen MR) is 88.7 cm³/mol. The molecule has 7 heteroatoms. The van der Waals surface area contributed by atoms with Gasteiger partial charge in [0.15, 0.2) is 0 Å². The molecule has 1 aromatic carbocycles. The fraction of sp³-hybridized carbons (Fsp3) is 0.500. The number of carbonyl (C=O) groups excluding carboxylic acids is 3. The first-order valence-electron chi connectivity index (χ1n) is 8.68. The Kier molecular flexibility index (Phi) is 3.95. The molecular formula is C18H21N3O4. The molecule has 1 aromatic rings. The van der Waals surface area contributed by atoms with E-state index in [4.69, 9.17) is 4.74 Å². The first-order chi connectivity index (χ1) is 12.1. The number of aryl methyl sites for hydroxylation is 1. The lowest BCUT2D eigenvalue weighted by atomic mass is 9.88. The highest BCUT2D eigenvalue weighted by molar-refractivity contribution is 6.09. The number of rotatable bonds is 3. The topological polar surface area (TPSA) is 87.7 Å². The summed E-state index contributed by atoms with van der Waals surface area (Å²) in [5.41, 5.74) is 1.39. The van der Waals surface area contributed by atoms with E-state index in [1.54, 1.807) is 0 Å². The van der Waals surface area contributed by atoms with Gasteiger partial charge in [-0.15, -0.1) is 0 Å². The molecule has 2 aliphatic heterocycles. The second-order valence-electron chi connectivity index (χ2n) is 6.92.